The number of methoxy groups -OCH3 is 1. The molecular formula is C19H15N5O2S. The number of benzene rings is 1. The Morgan fingerprint density at radius 1 is 1.15 bits per heavy atom. The van der Waals surface area contributed by atoms with Crippen LogP contribution < -0.4 is 9.64 Å². The third-order valence-corrected chi connectivity index (χ3v) is 4.96. The first-order chi connectivity index (χ1) is 13.2. The Labute approximate surface area is 159 Å². The molecule has 0 saturated carbocycles. The third-order valence-electron chi connectivity index (χ3n) is 3.91. The lowest BCUT2D eigenvalue weighted by molar-refractivity contribution is 0.0980. The lowest BCUT2D eigenvalue weighted by atomic mass is 10.2. The minimum atomic E-state index is -0.266. The van der Waals surface area contributed by atoms with Crippen LogP contribution in [0, 0.1) is 0 Å². The maximum atomic E-state index is 13.1. The normalized spacial score (nSPS) is 10.7. The molecule has 3 aromatic heterocycles. The molecule has 0 fully saturated rings. The first-order valence-electron chi connectivity index (χ1n) is 8.16. The zero-order valence-electron chi connectivity index (χ0n) is 14.4. The molecule has 0 N–H and O–H groups in total. The van der Waals surface area contributed by atoms with Crippen LogP contribution in [0.25, 0.3) is 10.2 Å². The van der Waals surface area contributed by atoms with Gasteiger partial charge in [-0.05, 0) is 23.8 Å². The lowest BCUT2D eigenvalue weighted by Crippen LogP contribution is -2.31. The number of aromatic nitrogens is 4. The van der Waals surface area contributed by atoms with Crippen molar-refractivity contribution >= 4 is 32.6 Å². The molecule has 0 radical (unpaired) electrons. The van der Waals surface area contributed by atoms with Gasteiger partial charge in [0.15, 0.2) is 5.13 Å². The monoisotopic (exact) mass is 377 g/mol. The van der Waals surface area contributed by atoms with Crippen molar-refractivity contribution in [3.8, 4) is 5.75 Å². The molecule has 8 heteroatoms. The van der Waals surface area contributed by atoms with Gasteiger partial charge in [0.2, 0.25) is 0 Å². The summed E-state index contributed by atoms with van der Waals surface area (Å²) in [6.45, 7) is 0.334. The van der Waals surface area contributed by atoms with Crippen molar-refractivity contribution in [1.29, 1.82) is 0 Å². The quantitative estimate of drug-likeness (QED) is 0.531. The van der Waals surface area contributed by atoms with Crippen molar-refractivity contribution in [2.24, 2.45) is 0 Å². The Morgan fingerprint density at radius 2 is 2.04 bits per heavy atom. The van der Waals surface area contributed by atoms with Crippen molar-refractivity contribution < 1.29 is 9.53 Å². The highest BCUT2D eigenvalue weighted by Gasteiger charge is 2.23. The SMILES string of the molecule is COc1ccc2sc(N(Cc3cccnc3)C(=O)c3cnccn3)nc2c1. The number of carbonyl (C=O) groups is 1. The van der Waals surface area contributed by atoms with Gasteiger partial charge in [0.1, 0.15) is 11.4 Å². The van der Waals surface area contributed by atoms with Gasteiger partial charge in [-0.25, -0.2) is 9.97 Å². The van der Waals surface area contributed by atoms with Gasteiger partial charge in [-0.2, -0.15) is 0 Å². The van der Waals surface area contributed by atoms with Crippen LogP contribution in [0.2, 0.25) is 0 Å². The van der Waals surface area contributed by atoms with Crippen molar-refractivity contribution in [2.45, 2.75) is 6.54 Å². The van der Waals surface area contributed by atoms with Crippen LogP contribution in [0.1, 0.15) is 16.1 Å². The van der Waals surface area contributed by atoms with E-state index in [9.17, 15) is 4.79 Å². The zero-order valence-corrected chi connectivity index (χ0v) is 15.3. The summed E-state index contributed by atoms with van der Waals surface area (Å²) in [6, 6.07) is 9.42. The summed E-state index contributed by atoms with van der Waals surface area (Å²) >= 11 is 1.44. The van der Waals surface area contributed by atoms with Gasteiger partial charge in [0.05, 0.1) is 30.1 Å². The number of amides is 1. The molecule has 0 aliphatic heterocycles. The summed E-state index contributed by atoms with van der Waals surface area (Å²) < 4.78 is 6.23. The fraction of sp³-hybridized carbons (Fsp3) is 0.105. The first kappa shape index (κ1) is 17.0. The van der Waals surface area contributed by atoms with Gasteiger partial charge in [-0.15, -0.1) is 0 Å². The number of thiazole rings is 1. The standard InChI is InChI=1S/C19H15N5O2S/c1-26-14-4-5-17-15(9-14)23-19(27-17)24(12-13-3-2-6-20-10-13)18(25)16-11-21-7-8-22-16/h2-11H,12H2,1H3. The molecule has 0 saturated heterocycles. The average Bonchev–Trinajstić information content (AvgIpc) is 3.15. The third kappa shape index (κ3) is 3.61. The number of ether oxygens (including phenoxy) is 1. The van der Waals surface area contributed by atoms with Gasteiger partial charge in [-0.1, -0.05) is 17.4 Å². The van der Waals surface area contributed by atoms with E-state index in [0.717, 1.165) is 21.5 Å². The molecule has 3 heterocycles. The average molecular weight is 377 g/mol. The van der Waals surface area contributed by atoms with Crippen molar-refractivity contribution in [2.75, 3.05) is 12.0 Å². The number of pyridine rings is 1. The molecule has 134 valence electrons. The first-order valence-corrected chi connectivity index (χ1v) is 8.97. The minimum Gasteiger partial charge on any atom is -0.497 e. The Hall–Kier alpha value is -3.39. The number of anilines is 1. The molecule has 0 atom stereocenters. The minimum absolute atomic E-state index is 0.262. The second kappa shape index (κ2) is 7.46. The fourth-order valence-corrected chi connectivity index (χ4v) is 3.53. The smallest absolute Gasteiger partial charge is 0.280 e. The molecule has 27 heavy (non-hydrogen) atoms. The van der Waals surface area contributed by atoms with Crippen LogP contribution in [0.15, 0.2) is 61.3 Å². The summed E-state index contributed by atoms with van der Waals surface area (Å²) in [4.78, 5) is 31.6. The summed E-state index contributed by atoms with van der Waals surface area (Å²) in [6.07, 6.45) is 7.91. The van der Waals surface area contributed by atoms with Crippen LogP contribution in [0.3, 0.4) is 0 Å². The fourth-order valence-electron chi connectivity index (χ4n) is 2.59. The lowest BCUT2D eigenvalue weighted by Gasteiger charge is -2.19. The van der Waals surface area contributed by atoms with E-state index >= 15 is 0 Å². The molecule has 0 aliphatic carbocycles. The Bertz CT molecular complexity index is 1070. The molecule has 1 aromatic carbocycles. The van der Waals surface area contributed by atoms with Gasteiger partial charge in [0, 0.05) is 30.9 Å². The summed E-state index contributed by atoms with van der Waals surface area (Å²) in [7, 11) is 1.61. The Kier molecular flexibility index (Phi) is 4.71. The summed E-state index contributed by atoms with van der Waals surface area (Å²) in [5, 5.41) is 0.581. The topological polar surface area (TPSA) is 81.1 Å². The number of fused-ring (bicyclic) bond motifs is 1. The molecule has 1 amide bonds. The van der Waals surface area contributed by atoms with Crippen LogP contribution >= 0.6 is 11.3 Å². The molecule has 0 spiro atoms. The Morgan fingerprint density at radius 3 is 2.78 bits per heavy atom. The van der Waals surface area contributed by atoms with Crippen molar-refractivity contribution in [3.63, 3.8) is 0 Å². The van der Waals surface area contributed by atoms with E-state index in [1.807, 2.05) is 30.3 Å². The van der Waals surface area contributed by atoms with Crippen LogP contribution in [-0.2, 0) is 6.54 Å². The van der Waals surface area contributed by atoms with Crippen LogP contribution in [0.4, 0.5) is 5.13 Å². The van der Waals surface area contributed by atoms with E-state index < -0.39 is 0 Å². The highest BCUT2D eigenvalue weighted by Crippen LogP contribution is 2.32. The van der Waals surface area contributed by atoms with Crippen molar-refractivity contribution in [3.05, 3.63) is 72.6 Å². The van der Waals surface area contributed by atoms with E-state index in [-0.39, 0.29) is 11.6 Å². The molecule has 0 aliphatic rings. The highest BCUT2D eigenvalue weighted by molar-refractivity contribution is 7.22. The highest BCUT2D eigenvalue weighted by atomic mass is 32.1. The van der Waals surface area contributed by atoms with Crippen LogP contribution in [-0.4, -0.2) is 33.0 Å². The van der Waals surface area contributed by atoms with E-state index in [2.05, 4.69) is 19.9 Å². The molecular weight excluding hydrogens is 362 g/mol. The maximum absolute atomic E-state index is 13.1. The van der Waals surface area contributed by atoms with Gasteiger partial charge in [0.25, 0.3) is 5.91 Å². The molecule has 4 aromatic rings. The van der Waals surface area contributed by atoms with E-state index in [0.29, 0.717) is 11.7 Å². The summed E-state index contributed by atoms with van der Waals surface area (Å²) in [5.74, 6) is 0.455. The van der Waals surface area contributed by atoms with E-state index in [1.165, 1.54) is 29.9 Å². The van der Waals surface area contributed by atoms with Gasteiger partial charge >= 0.3 is 0 Å². The zero-order chi connectivity index (χ0) is 18.6. The number of carbonyl (C=O) groups excluding carboxylic acids is 1. The van der Waals surface area contributed by atoms with E-state index in [1.54, 1.807) is 24.4 Å². The molecule has 0 unspecified atom stereocenters. The predicted molar refractivity (Wildman–Crippen MR) is 103 cm³/mol. The number of rotatable bonds is 5. The second-order valence-electron chi connectivity index (χ2n) is 5.67. The predicted octanol–water partition coefficient (Wildman–Crippen LogP) is 3.34. The van der Waals surface area contributed by atoms with Gasteiger partial charge < -0.3 is 4.74 Å². The maximum Gasteiger partial charge on any atom is 0.280 e. The Balaban J connectivity index is 1.76. The number of nitrogens with zero attached hydrogens (tertiary/aromatic N) is 5. The summed E-state index contributed by atoms with van der Waals surface area (Å²) in [5.41, 5.74) is 1.93. The van der Waals surface area contributed by atoms with Crippen molar-refractivity contribution in [1.82, 2.24) is 19.9 Å². The van der Waals surface area contributed by atoms with Crippen LogP contribution in [0.5, 0.6) is 5.75 Å². The van der Waals surface area contributed by atoms with E-state index in [4.69, 9.17) is 4.74 Å². The molecule has 0 bridgehead atoms. The largest absolute Gasteiger partial charge is 0.497 e. The number of hydrogen-bond donors (Lipinski definition) is 0. The molecule has 7 nitrogen and oxygen atoms in total. The number of hydrogen-bond acceptors (Lipinski definition) is 7. The van der Waals surface area contributed by atoms with Gasteiger partial charge in [-0.3, -0.25) is 19.7 Å². The molecule has 4 rings (SSSR count). The second-order valence-corrected chi connectivity index (χ2v) is 6.68.